The Hall–Kier alpha value is -0.120. The second kappa shape index (κ2) is 5.28. The SMILES string of the molecule is CCC1CCC(N2CCOC(CN)C2)C1. The van der Waals surface area contributed by atoms with Crippen molar-refractivity contribution in [3.05, 3.63) is 0 Å². The minimum Gasteiger partial charge on any atom is -0.374 e. The summed E-state index contributed by atoms with van der Waals surface area (Å²) in [5, 5.41) is 0. The van der Waals surface area contributed by atoms with Gasteiger partial charge in [-0.05, 0) is 25.2 Å². The minimum absolute atomic E-state index is 0.277. The second-order valence-corrected chi connectivity index (χ2v) is 4.96. The van der Waals surface area contributed by atoms with Gasteiger partial charge in [0, 0.05) is 25.7 Å². The number of nitrogens with zero attached hydrogens (tertiary/aromatic N) is 1. The maximum Gasteiger partial charge on any atom is 0.0824 e. The molecule has 1 saturated heterocycles. The van der Waals surface area contributed by atoms with Crippen LogP contribution >= 0.6 is 0 Å². The Bertz CT molecular complexity index is 198. The summed E-state index contributed by atoms with van der Waals surface area (Å²) in [6.07, 6.45) is 5.83. The Balaban J connectivity index is 1.83. The molecule has 0 amide bonds. The van der Waals surface area contributed by atoms with E-state index in [0.29, 0.717) is 6.54 Å². The van der Waals surface area contributed by atoms with Gasteiger partial charge in [-0.3, -0.25) is 4.90 Å². The van der Waals surface area contributed by atoms with Crippen molar-refractivity contribution in [1.82, 2.24) is 4.90 Å². The first-order valence-corrected chi connectivity index (χ1v) is 6.39. The third kappa shape index (κ3) is 2.71. The summed E-state index contributed by atoms with van der Waals surface area (Å²) in [7, 11) is 0. The molecule has 3 atom stereocenters. The first-order valence-electron chi connectivity index (χ1n) is 6.39. The summed E-state index contributed by atoms with van der Waals surface area (Å²) in [4.78, 5) is 2.61. The Morgan fingerprint density at radius 1 is 1.40 bits per heavy atom. The average molecular weight is 212 g/mol. The predicted octanol–water partition coefficient (Wildman–Crippen LogP) is 1.22. The summed E-state index contributed by atoms with van der Waals surface area (Å²) in [5.41, 5.74) is 5.67. The van der Waals surface area contributed by atoms with Crippen LogP contribution in [0.15, 0.2) is 0 Å². The third-order valence-corrected chi connectivity index (χ3v) is 4.04. The van der Waals surface area contributed by atoms with Gasteiger partial charge >= 0.3 is 0 Å². The van der Waals surface area contributed by atoms with Gasteiger partial charge in [-0.1, -0.05) is 13.3 Å². The molecule has 0 bridgehead atoms. The molecule has 0 radical (unpaired) electrons. The van der Waals surface area contributed by atoms with E-state index in [1.165, 1.54) is 25.7 Å². The van der Waals surface area contributed by atoms with Crippen LogP contribution in [0.25, 0.3) is 0 Å². The molecule has 88 valence electrons. The molecular formula is C12H24N2O. The van der Waals surface area contributed by atoms with Crippen LogP contribution in [0.2, 0.25) is 0 Å². The highest BCUT2D eigenvalue weighted by atomic mass is 16.5. The molecule has 2 fully saturated rings. The second-order valence-electron chi connectivity index (χ2n) is 4.96. The van der Waals surface area contributed by atoms with Crippen molar-refractivity contribution in [3.8, 4) is 0 Å². The molecule has 2 aliphatic rings. The molecule has 0 spiro atoms. The smallest absolute Gasteiger partial charge is 0.0824 e. The minimum atomic E-state index is 0.277. The first-order chi connectivity index (χ1) is 7.33. The number of nitrogens with two attached hydrogens (primary N) is 1. The van der Waals surface area contributed by atoms with Gasteiger partial charge in [0.15, 0.2) is 0 Å². The van der Waals surface area contributed by atoms with Crippen LogP contribution in [-0.2, 0) is 4.74 Å². The topological polar surface area (TPSA) is 38.5 Å². The van der Waals surface area contributed by atoms with Gasteiger partial charge in [-0.15, -0.1) is 0 Å². The lowest BCUT2D eigenvalue weighted by molar-refractivity contribution is -0.0379. The highest BCUT2D eigenvalue weighted by Crippen LogP contribution is 2.32. The maximum atomic E-state index is 5.67. The lowest BCUT2D eigenvalue weighted by Gasteiger charge is -2.36. The Kier molecular flexibility index (Phi) is 4.00. The molecule has 3 heteroatoms. The van der Waals surface area contributed by atoms with Crippen LogP contribution in [0.1, 0.15) is 32.6 Å². The van der Waals surface area contributed by atoms with E-state index in [2.05, 4.69) is 11.8 Å². The molecule has 1 aliphatic carbocycles. The highest BCUT2D eigenvalue weighted by Gasteiger charge is 2.31. The molecule has 2 rings (SSSR count). The van der Waals surface area contributed by atoms with Crippen molar-refractivity contribution in [2.75, 3.05) is 26.2 Å². The van der Waals surface area contributed by atoms with E-state index in [-0.39, 0.29) is 6.10 Å². The summed E-state index contributed by atoms with van der Waals surface area (Å²) < 4.78 is 5.60. The number of hydrogen-bond acceptors (Lipinski definition) is 3. The van der Waals surface area contributed by atoms with Gasteiger partial charge < -0.3 is 10.5 Å². The van der Waals surface area contributed by atoms with E-state index < -0.39 is 0 Å². The molecule has 1 aliphatic heterocycles. The average Bonchev–Trinajstić information content (AvgIpc) is 2.78. The fourth-order valence-corrected chi connectivity index (χ4v) is 2.97. The molecule has 1 saturated carbocycles. The zero-order chi connectivity index (χ0) is 10.7. The van der Waals surface area contributed by atoms with Crippen LogP contribution in [0.4, 0.5) is 0 Å². The normalized spacial score (nSPS) is 38.4. The summed E-state index contributed by atoms with van der Waals surface area (Å²) in [5.74, 6) is 0.967. The van der Waals surface area contributed by atoms with Crippen LogP contribution < -0.4 is 5.73 Å². The lowest BCUT2D eigenvalue weighted by atomic mass is 10.0. The van der Waals surface area contributed by atoms with Gasteiger partial charge in [0.25, 0.3) is 0 Å². The van der Waals surface area contributed by atoms with Crippen LogP contribution in [0.5, 0.6) is 0 Å². The Morgan fingerprint density at radius 3 is 2.93 bits per heavy atom. The van der Waals surface area contributed by atoms with Crippen LogP contribution in [0.3, 0.4) is 0 Å². The number of ether oxygens (including phenoxy) is 1. The quantitative estimate of drug-likeness (QED) is 0.764. The molecule has 0 aromatic carbocycles. The van der Waals surface area contributed by atoms with Crippen molar-refractivity contribution >= 4 is 0 Å². The summed E-state index contributed by atoms with van der Waals surface area (Å²) >= 11 is 0. The monoisotopic (exact) mass is 212 g/mol. The molecule has 1 heterocycles. The van der Waals surface area contributed by atoms with Gasteiger partial charge in [-0.2, -0.15) is 0 Å². The molecule has 3 nitrogen and oxygen atoms in total. The van der Waals surface area contributed by atoms with E-state index in [4.69, 9.17) is 10.5 Å². The Morgan fingerprint density at radius 2 is 2.27 bits per heavy atom. The van der Waals surface area contributed by atoms with Gasteiger partial charge in [-0.25, -0.2) is 0 Å². The van der Waals surface area contributed by atoms with Crippen molar-refractivity contribution in [2.24, 2.45) is 11.7 Å². The van der Waals surface area contributed by atoms with Crippen molar-refractivity contribution < 1.29 is 4.74 Å². The molecule has 0 aromatic rings. The van der Waals surface area contributed by atoms with Crippen LogP contribution in [-0.4, -0.2) is 43.3 Å². The molecule has 3 unspecified atom stereocenters. The van der Waals surface area contributed by atoms with Gasteiger partial charge in [0.2, 0.25) is 0 Å². The van der Waals surface area contributed by atoms with E-state index in [9.17, 15) is 0 Å². The van der Waals surface area contributed by atoms with E-state index >= 15 is 0 Å². The van der Waals surface area contributed by atoms with Crippen LogP contribution in [0, 0.1) is 5.92 Å². The summed E-state index contributed by atoms with van der Waals surface area (Å²) in [6, 6.07) is 0.813. The zero-order valence-electron chi connectivity index (χ0n) is 9.82. The Labute approximate surface area is 93.0 Å². The zero-order valence-corrected chi connectivity index (χ0v) is 9.82. The third-order valence-electron chi connectivity index (χ3n) is 4.04. The highest BCUT2D eigenvalue weighted by molar-refractivity contribution is 4.85. The van der Waals surface area contributed by atoms with Gasteiger partial charge in [0.05, 0.1) is 12.7 Å². The van der Waals surface area contributed by atoms with E-state index in [1.54, 1.807) is 0 Å². The molecule has 0 aromatic heterocycles. The molecule has 15 heavy (non-hydrogen) atoms. The van der Waals surface area contributed by atoms with E-state index in [0.717, 1.165) is 31.7 Å². The summed E-state index contributed by atoms with van der Waals surface area (Å²) in [6.45, 7) is 6.01. The molecular weight excluding hydrogens is 188 g/mol. The van der Waals surface area contributed by atoms with Crippen molar-refractivity contribution in [3.63, 3.8) is 0 Å². The van der Waals surface area contributed by atoms with Gasteiger partial charge in [0.1, 0.15) is 0 Å². The van der Waals surface area contributed by atoms with Crippen molar-refractivity contribution in [1.29, 1.82) is 0 Å². The standard InChI is InChI=1S/C12H24N2O/c1-2-10-3-4-11(7-10)14-5-6-15-12(8-13)9-14/h10-12H,2-9,13H2,1H3. The largest absolute Gasteiger partial charge is 0.374 e. The fourth-order valence-electron chi connectivity index (χ4n) is 2.97. The number of morpholine rings is 1. The van der Waals surface area contributed by atoms with E-state index in [1.807, 2.05) is 0 Å². The first kappa shape index (κ1) is 11.4. The number of hydrogen-bond donors (Lipinski definition) is 1. The van der Waals surface area contributed by atoms with Crippen molar-refractivity contribution in [2.45, 2.75) is 44.8 Å². The maximum absolute atomic E-state index is 5.67. The molecule has 2 N–H and O–H groups in total. The number of rotatable bonds is 3. The fraction of sp³-hybridized carbons (Fsp3) is 1.00. The predicted molar refractivity (Wildman–Crippen MR) is 61.8 cm³/mol. The lowest BCUT2D eigenvalue weighted by Crippen LogP contribution is -2.49.